The molecule has 0 aliphatic rings. The van der Waals surface area contributed by atoms with Gasteiger partial charge in [0.15, 0.2) is 0 Å². The van der Waals surface area contributed by atoms with Crippen LogP contribution in [0, 0.1) is 0 Å². The fraction of sp³-hybridized carbons (Fsp3) is 0.444. The lowest BCUT2D eigenvalue weighted by molar-refractivity contribution is -0.140. The zero-order valence-electron chi connectivity index (χ0n) is 7.04. The zero-order chi connectivity index (χ0) is 8.69. The van der Waals surface area contributed by atoms with Crippen LogP contribution < -0.4 is 0 Å². The van der Waals surface area contributed by atoms with Gasteiger partial charge in [-0.25, -0.2) is 4.79 Å². The Morgan fingerprint density at radius 1 is 1.73 bits per heavy atom. The molecule has 0 fully saturated rings. The second kappa shape index (κ2) is 5.71. The van der Waals surface area contributed by atoms with Gasteiger partial charge in [-0.1, -0.05) is 19.6 Å². The van der Waals surface area contributed by atoms with Crippen LogP contribution in [0.25, 0.3) is 0 Å². The van der Waals surface area contributed by atoms with Crippen molar-refractivity contribution >= 4 is 5.97 Å². The molecule has 0 N–H and O–H groups in total. The summed E-state index contributed by atoms with van der Waals surface area (Å²) in [5, 5.41) is 0. The van der Waals surface area contributed by atoms with Gasteiger partial charge in [0, 0.05) is 6.08 Å². The van der Waals surface area contributed by atoms with Crippen molar-refractivity contribution in [2.24, 2.45) is 0 Å². The SMILES string of the molecule is C=CC(=O)OC(C)/C=C\CC. The Kier molecular flexibility index (Phi) is 5.17. The van der Waals surface area contributed by atoms with Gasteiger partial charge in [0.25, 0.3) is 0 Å². The van der Waals surface area contributed by atoms with Gasteiger partial charge in [-0.05, 0) is 19.4 Å². The molecule has 0 aromatic heterocycles. The van der Waals surface area contributed by atoms with E-state index >= 15 is 0 Å². The lowest BCUT2D eigenvalue weighted by atomic mass is 10.3. The number of hydrogen-bond donors (Lipinski definition) is 0. The molecule has 2 heteroatoms. The fourth-order valence-corrected chi connectivity index (χ4v) is 0.598. The quantitative estimate of drug-likeness (QED) is 0.352. The summed E-state index contributed by atoms with van der Waals surface area (Å²) in [7, 11) is 0. The van der Waals surface area contributed by atoms with E-state index in [0.29, 0.717) is 0 Å². The molecule has 0 rings (SSSR count). The molecular formula is C9H14O2. The lowest BCUT2D eigenvalue weighted by Crippen LogP contribution is -2.09. The summed E-state index contributed by atoms with van der Waals surface area (Å²) in [6, 6.07) is 0. The van der Waals surface area contributed by atoms with E-state index in [1.54, 1.807) is 0 Å². The molecule has 0 aliphatic heterocycles. The van der Waals surface area contributed by atoms with Crippen molar-refractivity contribution in [1.29, 1.82) is 0 Å². The third-order valence-electron chi connectivity index (χ3n) is 1.11. The second-order valence-corrected chi connectivity index (χ2v) is 2.18. The molecule has 0 aromatic rings. The van der Waals surface area contributed by atoms with Crippen LogP contribution in [-0.2, 0) is 9.53 Å². The monoisotopic (exact) mass is 154 g/mol. The first-order chi connectivity index (χ1) is 5.20. The van der Waals surface area contributed by atoms with Crippen molar-refractivity contribution in [3.63, 3.8) is 0 Å². The summed E-state index contributed by atoms with van der Waals surface area (Å²) in [4.78, 5) is 10.6. The molecule has 0 aliphatic carbocycles. The van der Waals surface area contributed by atoms with Gasteiger partial charge in [0.2, 0.25) is 0 Å². The largest absolute Gasteiger partial charge is 0.455 e. The summed E-state index contributed by atoms with van der Waals surface area (Å²) in [6.07, 6.45) is 5.77. The molecule has 2 nitrogen and oxygen atoms in total. The predicted molar refractivity (Wildman–Crippen MR) is 45.2 cm³/mol. The van der Waals surface area contributed by atoms with Gasteiger partial charge in [-0.15, -0.1) is 0 Å². The average molecular weight is 154 g/mol. The van der Waals surface area contributed by atoms with Gasteiger partial charge in [0.05, 0.1) is 0 Å². The van der Waals surface area contributed by atoms with Crippen molar-refractivity contribution < 1.29 is 9.53 Å². The minimum Gasteiger partial charge on any atom is -0.455 e. The number of allylic oxidation sites excluding steroid dienone is 1. The van der Waals surface area contributed by atoms with E-state index in [4.69, 9.17) is 4.74 Å². The van der Waals surface area contributed by atoms with Gasteiger partial charge in [-0.2, -0.15) is 0 Å². The minimum absolute atomic E-state index is 0.152. The van der Waals surface area contributed by atoms with Crippen molar-refractivity contribution in [2.45, 2.75) is 26.4 Å². The van der Waals surface area contributed by atoms with Crippen LogP contribution in [0.1, 0.15) is 20.3 Å². The molecule has 0 spiro atoms. The Morgan fingerprint density at radius 2 is 2.36 bits per heavy atom. The van der Waals surface area contributed by atoms with Crippen LogP contribution in [0.5, 0.6) is 0 Å². The number of hydrogen-bond acceptors (Lipinski definition) is 2. The van der Waals surface area contributed by atoms with Gasteiger partial charge in [0.1, 0.15) is 6.10 Å². The van der Waals surface area contributed by atoms with Crippen LogP contribution in [0.4, 0.5) is 0 Å². The van der Waals surface area contributed by atoms with Crippen molar-refractivity contribution in [3.05, 3.63) is 24.8 Å². The summed E-state index contributed by atoms with van der Waals surface area (Å²) in [5.41, 5.74) is 0. The average Bonchev–Trinajstić information content (AvgIpc) is 2.00. The highest BCUT2D eigenvalue weighted by Gasteiger charge is 1.99. The number of rotatable bonds is 4. The molecule has 62 valence electrons. The van der Waals surface area contributed by atoms with Crippen LogP contribution in [0.15, 0.2) is 24.8 Å². The zero-order valence-corrected chi connectivity index (χ0v) is 7.04. The molecule has 0 amide bonds. The van der Waals surface area contributed by atoms with Gasteiger partial charge >= 0.3 is 5.97 Å². The number of esters is 1. The Bertz CT molecular complexity index is 159. The van der Waals surface area contributed by atoms with Crippen LogP contribution in [-0.4, -0.2) is 12.1 Å². The smallest absolute Gasteiger partial charge is 0.330 e. The van der Waals surface area contributed by atoms with Crippen LogP contribution in [0.3, 0.4) is 0 Å². The predicted octanol–water partition coefficient (Wildman–Crippen LogP) is 2.07. The summed E-state index contributed by atoms with van der Waals surface area (Å²) in [5.74, 6) is -0.377. The van der Waals surface area contributed by atoms with Crippen LogP contribution >= 0.6 is 0 Å². The van der Waals surface area contributed by atoms with Crippen LogP contribution in [0.2, 0.25) is 0 Å². The highest BCUT2D eigenvalue weighted by molar-refractivity contribution is 5.81. The standard InChI is InChI=1S/C9H14O2/c1-4-6-7-8(3)11-9(10)5-2/h5-8H,2,4H2,1,3H3/b7-6-. The lowest BCUT2D eigenvalue weighted by Gasteiger charge is -2.05. The molecule has 0 aromatic carbocycles. The first-order valence-corrected chi connectivity index (χ1v) is 3.70. The Morgan fingerprint density at radius 3 is 2.82 bits per heavy atom. The molecule has 1 unspecified atom stereocenters. The molecule has 0 heterocycles. The van der Waals surface area contributed by atoms with E-state index in [9.17, 15) is 4.79 Å². The Hall–Kier alpha value is -1.05. The summed E-state index contributed by atoms with van der Waals surface area (Å²) in [6.45, 7) is 7.13. The molecule has 1 atom stereocenters. The Balaban J connectivity index is 3.68. The van der Waals surface area contributed by atoms with Crippen molar-refractivity contribution in [2.75, 3.05) is 0 Å². The van der Waals surface area contributed by atoms with E-state index in [1.165, 1.54) is 0 Å². The van der Waals surface area contributed by atoms with E-state index in [2.05, 4.69) is 6.58 Å². The molecule has 0 saturated heterocycles. The maximum atomic E-state index is 10.6. The first-order valence-electron chi connectivity index (χ1n) is 3.70. The maximum absolute atomic E-state index is 10.6. The fourth-order valence-electron chi connectivity index (χ4n) is 0.598. The number of ether oxygens (including phenoxy) is 1. The first kappa shape index (κ1) is 9.95. The second-order valence-electron chi connectivity index (χ2n) is 2.18. The highest BCUT2D eigenvalue weighted by atomic mass is 16.5. The molecule has 0 saturated carbocycles. The van der Waals surface area contributed by atoms with E-state index in [-0.39, 0.29) is 12.1 Å². The Labute approximate surface area is 67.6 Å². The van der Waals surface area contributed by atoms with E-state index < -0.39 is 0 Å². The van der Waals surface area contributed by atoms with Gasteiger partial charge < -0.3 is 4.74 Å². The highest BCUT2D eigenvalue weighted by Crippen LogP contribution is 1.95. The molecular weight excluding hydrogens is 140 g/mol. The number of carbonyl (C=O) groups excluding carboxylic acids is 1. The molecule has 0 bridgehead atoms. The van der Waals surface area contributed by atoms with E-state index in [1.807, 2.05) is 26.0 Å². The normalized spacial score (nSPS) is 12.9. The maximum Gasteiger partial charge on any atom is 0.330 e. The van der Waals surface area contributed by atoms with Crippen molar-refractivity contribution in [3.8, 4) is 0 Å². The third kappa shape index (κ3) is 5.40. The summed E-state index contributed by atoms with van der Waals surface area (Å²) < 4.78 is 4.86. The number of carbonyl (C=O) groups is 1. The van der Waals surface area contributed by atoms with Gasteiger partial charge in [-0.3, -0.25) is 0 Å². The molecule has 0 radical (unpaired) electrons. The topological polar surface area (TPSA) is 26.3 Å². The van der Waals surface area contributed by atoms with Crippen molar-refractivity contribution in [1.82, 2.24) is 0 Å². The third-order valence-corrected chi connectivity index (χ3v) is 1.11. The minimum atomic E-state index is -0.377. The molecule has 11 heavy (non-hydrogen) atoms. The summed E-state index contributed by atoms with van der Waals surface area (Å²) >= 11 is 0. The van der Waals surface area contributed by atoms with E-state index in [0.717, 1.165) is 12.5 Å².